The van der Waals surface area contributed by atoms with Crippen LogP contribution in [0.1, 0.15) is 59.3 Å². The Kier molecular flexibility index (Phi) is 25.0. The van der Waals surface area contributed by atoms with Gasteiger partial charge in [0.2, 0.25) is 0 Å². The first kappa shape index (κ1) is 45.9. The fourth-order valence-electron chi connectivity index (χ4n) is 3.36. The van der Waals surface area contributed by atoms with Crippen LogP contribution in [0.2, 0.25) is 0 Å². The van der Waals surface area contributed by atoms with Crippen molar-refractivity contribution in [1.82, 2.24) is 0 Å². The minimum absolute atomic E-state index is 0.0500. The van der Waals surface area contributed by atoms with Gasteiger partial charge in [0.1, 0.15) is 16.7 Å². The number of esters is 8. The molecule has 51 heavy (non-hydrogen) atoms. The topological polar surface area (TPSA) is 220 Å². The van der Waals surface area contributed by atoms with Gasteiger partial charge in [0.05, 0.1) is 59.5 Å². The lowest BCUT2D eigenvalue weighted by Crippen LogP contribution is -2.32. The van der Waals surface area contributed by atoms with Gasteiger partial charge < -0.3 is 42.6 Å². The van der Waals surface area contributed by atoms with E-state index >= 15 is 0 Å². The SMILES string of the molecule is C=C(C(=O)OCC)C(=O)OCCCCOC(=O)C(=C)C(=O)OCCCCOC(=O)C(=C)C(=O)OCCCCOCC(C(=O)OCC)C(=O)OCC. The van der Waals surface area contributed by atoms with Gasteiger partial charge in [-0.25, -0.2) is 28.8 Å². The first-order chi connectivity index (χ1) is 24.3. The minimum Gasteiger partial charge on any atom is -0.465 e. The van der Waals surface area contributed by atoms with Crippen molar-refractivity contribution < 1.29 is 81.0 Å². The Balaban J connectivity index is 4.07. The van der Waals surface area contributed by atoms with Gasteiger partial charge in [0.25, 0.3) is 0 Å². The Hall–Kier alpha value is -5.06. The van der Waals surface area contributed by atoms with E-state index in [1.165, 1.54) is 0 Å². The summed E-state index contributed by atoms with van der Waals surface area (Å²) in [7, 11) is 0. The zero-order chi connectivity index (χ0) is 38.6. The van der Waals surface area contributed by atoms with Crippen molar-refractivity contribution in [3.63, 3.8) is 0 Å². The molecule has 0 aromatic carbocycles. The average Bonchev–Trinajstić information content (AvgIpc) is 3.10. The highest BCUT2D eigenvalue weighted by Crippen LogP contribution is 2.08. The number of ether oxygens (including phenoxy) is 9. The first-order valence-corrected chi connectivity index (χ1v) is 16.3. The molecule has 0 N–H and O–H groups in total. The smallest absolute Gasteiger partial charge is 0.344 e. The molecule has 0 spiro atoms. The third kappa shape index (κ3) is 20.3. The highest BCUT2D eigenvalue weighted by Gasteiger charge is 2.30. The summed E-state index contributed by atoms with van der Waals surface area (Å²) < 4.78 is 44.5. The predicted molar refractivity (Wildman–Crippen MR) is 174 cm³/mol. The van der Waals surface area contributed by atoms with Gasteiger partial charge in [-0.3, -0.25) is 9.59 Å². The van der Waals surface area contributed by atoms with Crippen molar-refractivity contribution in [2.75, 3.05) is 66.1 Å². The van der Waals surface area contributed by atoms with Gasteiger partial charge in [0, 0.05) is 6.61 Å². The second-order valence-electron chi connectivity index (χ2n) is 10.1. The van der Waals surface area contributed by atoms with Crippen LogP contribution in [0.3, 0.4) is 0 Å². The summed E-state index contributed by atoms with van der Waals surface area (Å²) in [4.78, 5) is 95.1. The number of carbonyl (C=O) groups is 8. The van der Waals surface area contributed by atoms with E-state index in [1.807, 2.05) is 0 Å². The van der Waals surface area contributed by atoms with E-state index in [-0.39, 0.29) is 85.3 Å². The van der Waals surface area contributed by atoms with Gasteiger partial charge in [-0.05, 0) is 59.3 Å². The number of rotatable bonds is 28. The molecule has 0 aliphatic rings. The summed E-state index contributed by atoms with van der Waals surface area (Å²) in [6.45, 7) is 14.6. The molecular formula is C34H48O17. The second-order valence-corrected chi connectivity index (χ2v) is 10.1. The molecule has 0 radical (unpaired) electrons. The van der Waals surface area contributed by atoms with Crippen LogP contribution in [0.25, 0.3) is 0 Å². The largest absolute Gasteiger partial charge is 0.465 e. The van der Waals surface area contributed by atoms with Crippen molar-refractivity contribution >= 4 is 47.8 Å². The third-order valence-electron chi connectivity index (χ3n) is 6.11. The molecule has 0 bridgehead atoms. The van der Waals surface area contributed by atoms with Gasteiger partial charge in [-0.15, -0.1) is 0 Å². The molecular weight excluding hydrogens is 680 g/mol. The van der Waals surface area contributed by atoms with E-state index in [1.54, 1.807) is 20.8 Å². The average molecular weight is 729 g/mol. The van der Waals surface area contributed by atoms with Crippen molar-refractivity contribution in [3.8, 4) is 0 Å². The summed E-state index contributed by atoms with van der Waals surface area (Å²) in [6.07, 6.45) is 1.86. The zero-order valence-electron chi connectivity index (χ0n) is 29.5. The molecule has 0 aliphatic carbocycles. The van der Waals surface area contributed by atoms with Crippen LogP contribution in [-0.2, 0) is 81.0 Å². The molecule has 0 aliphatic heterocycles. The van der Waals surface area contributed by atoms with Crippen LogP contribution in [-0.4, -0.2) is 114 Å². The molecule has 0 aromatic heterocycles. The Bertz CT molecular complexity index is 1220. The maximum absolute atomic E-state index is 12.1. The quantitative estimate of drug-likeness (QED) is 0.0281. The van der Waals surface area contributed by atoms with Gasteiger partial charge >= 0.3 is 47.8 Å². The summed E-state index contributed by atoms with van der Waals surface area (Å²) >= 11 is 0. The number of unbranched alkanes of at least 4 members (excludes halogenated alkanes) is 3. The molecule has 286 valence electrons. The Morgan fingerprint density at radius 2 is 0.647 bits per heavy atom. The molecule has 0 rings (SSSR count). The van der Waals surface area contributed by atoms with Crippen molar-refractivity contribution in [1.29, 1.82) is 0 Å². The van der Waals surface area contributed by atoms with Crippen LogP contribution in [0.15, 0.2) is 36.5 Å². The summed E-state index contributed by atoms with van der Waals surface area (Å²) in [5.74, 6) is -8.42. The Morgan fingerprint density at radius 3 is 0.922 bits per heavy atom. The molecule has 0 saturated heterocycles. The summed E-state index contributed by atoms with van der Waals surface area (Å²) in [5.41, 5.74) is -1.48. The van der Waals surface area contributed by atoms with E-state index in [2.05, 4.69) is 24.5 Å². The van der Waals surface area contributed by atoms with Crippen LogP contribution in [0.4, 0.5) is 0 Å². The van der Waals surface area contributed by atoms with E-state index in [0.29, 0.717) is 19.3 Å². The lowest BCUT2D eigenvalue weighted by molar-refractivity contribution is -0.165. The fraction of sp³-hybridized carbons (Fsp3) is 0.588. The Labute approximate surface area is 296 Å². The lowest BCUT2D eigenvalue weighted by Gasteiger charge is -2.14. The highest BCUT2D eigenvalue weighted by molar-refractivity contribution is 6.14. The molecule has 17 nitrogen and oxygen atoms in total. The Morgan fingerprint density at radius 1 is 0.392 bits per heavy atom. The van der Waals surface area contributed by atoms with Crippen LogP contribution in [0.5, 0.6) is 0 Å². The maximum atomic E-state index is 12.1. The van der Waals surface area contributed by atoms with E-state index in [4.69, 9.17) is 37.9 Å². The minimum atomic E-state index is -1.20. The first-order valence-electron chi connectivity index (χ1n) is 16.3. The van der Waals surface area contributed by atoms with E-state index in [0.717, 1.165) is 0 Å². The van der Waals surface area contributed by atoms with E-state index in [9.17, 15) is 38.4 Å². The lowest BCUT2D eigenvalue weighted by atomic mass is 10.1. The number of hydrogen-bond donors (Lipinski definition) is 0. The van der Waals surface area contributed by atoms with Crippen molar-refractivity contribution in [3.05, 3.63) is 36.5 Å². The van der Waals surface area contributed by atoms with Crippen LogP contribution >= 0.6 is 0 Å². The molecule has 0 saturated carbocycles. The highest BCUT2D eigenvalue weighted by atomic mass is 16.6. The standard InChI is InChI=1S/C34H48O17/c1-7-44-27(35)23(4)28(36)48-18-12-13-19-50-31(39)25(6)32(40)51-21-15-14-20-49-30(38)24(5)29(37)47-17-11-10-16-43-22-26(33(41)45-8-2)34(42)46-9-3/h26H,4-22H2,1-3H3. The van der Waals surface area contributed by atoms with Crippen molar-refractivity contribution in [2.24, 2.45) is 5.92 Å². The van der Waals surface area contributed by atoms with E-state index < -0.39 is 70.4 Å². The van der Waals surface area contributed by atoms with Crippen LogP contribution < -0.4 is 0 Å². The summed E-state index contributed by atoms with van der Waals surface area (Å²) in [6, 6.07) is 0. The number of carbonyl (C=O) groups excluding carboxylic acids is 8. The molecule has 0 aromatic rings. The van der Waals surface area contributed by atoms with Crippen molar-refractivity contribution in [2.45, 2.75) is 59.3 Å². The molecule has 0 amide bonds. The van der Waals surface area contributed by atoms with Gasteiger partial charge in [-0.1, -0.05) is 19.7 Å². The zero-order valence-corrected chi connectivity index (χ0v) is 29.5. The third-order valence-corrected chi connectivity index (χ3v) is 6.11. The van der Waals surface area contributed by atoms with Crippen LogP contribution in [0, 0.1) is 5.92 Å². The van der Waals surface area contributed by atoms with Gasteiger partial charge in [0.15, 0.2) is 5.92 Å². The normalized spacial score (nSPS) is 10.3. The molecule has 0 heterocycles. The summed E-state index contributed by atoms with van der Waals surface area (Å²) in [5, 5.41) is 0. The number of hydrogen-bond acceptors (Lipinski definition) is 17. The molecule has 0 atom stereocenters. The molecule has 17 heteroatoms. The van der Waals surface area contributed by atoms with Gasteiger partial charge in [-0.2, -0.15) is 0 Å². The fourth-order valence-corrected chi connectivity index (χ4v) is 3.36. The molecule has 0 unspecified atom stereocenters. The second kappa shape index (κ2) is 27.7. The molecule has 0 fully saturated rings. The monoisotopic (exact) mass is 728 g/mol. The predicted octanol–water partition coefficient (Wildman–Crippen LogP) is 2.03. The maximum Gasteiger partial charge on any atom is 0.344 e.